The highest BCUT2D eigenvalue weighted by Crippen LogP contribution is 2.37. The van der Waals surface area contributed by atoms with Crippen LogP contribution in [0.5, 0.6) is 0 Å². The smallest absolute Gasteiger partial charge is 0.192 e. The zero-order chi connectivity index (χ0) is 17.8. The zero-order valence-electron chi connectivity index (χ0n) is 15.6. The van der Waals surface area contributed by atoms with Crippen molar-refractivity contribution in [2.75, 3.05) is 0 Å². The van der Waals surface area contributed by atoms with E-state index in [0.29, 0.717) is 6.42 Å². The zero-order valence-corrected chi connectivity index (χ0v) is 16.6. The van der Waals surface area contributed by atoms with Crippen molar-refractivity contribution < 1.29 is 14.3 Å². The lowest BCUT2D eigenvalue weighted by molar-refractivity contribution is -0.127. The fourth-order valence-electron chi connectivity index (χ4n) is 2.31. The number of carbonyl (C=O) groups excluding carboxylic acids is 1. The first-order chi connectivity index (χ1) is 10.5. The van der Waals surface area contributed by atoms with Gasteiger partial charge in [-0.15, -0.1) is 0 Å². The highest BCUT2D eigenvalue weighted by molar-refractivity contribution is 6.74. The van der Waals surface area contributed by atoms with Crippen molar-refractivity contribution >= 4 is 14.1 Å². The van der Waals surface area contributed by atoms with E-state index in [1.807, 2.05) is 37.3 Å². The second kappa shape index (κ2) is 7.73. The molecule has 0 aromatic heterocycles. The molecule has 0 amide bonds. The van der Waals surface area contributed by atoms with Crippen LogP contribution in [0.15, 0.2) is 30.3 Å². The van der Waals surface area contributed by atoms with Gasteiger partial charge in [0.05, 0.1) is 6.10 Å². The van der Waals surface area contributed by atoms with Gasteiger partial charge in [-0.2, -0.15) is 0 Å². The summed E-state index contributed by atoms with van der Waals surface area (Å²) < 4.78 is 6.24. The molecular weight excluding hydrogens is 304 g/mol. The van der Waals surface area contributed by atoms with Crippen molar-refractivity contribution in [1.82, 2.24) is 0 Å². The van der Waals surface area contributed by atoms with Crippen molar-refractivity contribution in [1.29, 1.82) is 0 Å². The Kier molecular flexibility index (Phi) is 6.75. The molecule has 23 heavy (non-hydrogen) atoms. The molecule has 0 aliphatic rings. The van der Waals surface area contributed by atoms with Gasteiger partial charge in [-0.3, -0.25) is 4.79 Å². The predicted octanol–water partition coefficient (Wildman–Crippen LogP) is 4.73. The number of ketones is 1. The van der Waals surface area contributed by atoms with Crippen LogP contribution in [0.2, 0.25) is 18.1 Å². The Morgan fingerprint density at radius 3 is 2.17 bits per heavy atom. The quantitative estimate of drug-likeness (QED) is 0.732. The molecule has 0 spiro atoms. The lowest BCUT2D eigenvalue weighted by Gasteiger charge is -2.38. The van der Waals surface area contributed by atoms with Gasteiger partial charge in [0, 0.05) is 18.4 Å². The van der Waals surface area contributed by atoms with Gasteiger partial charge in [0.15, 0.2) is 8.32 Å². The van der Waals surface area contributed by atoms with Crippen LogP contribution in [0.1, 0.15) is 52.7 Å². The van der Waals surface area contributed by atoms with Crippen molar-refractivity contribution in [2.45, 2.75) is 71.4 Å². The van der Waals surface area contributed by atoms with Crippen LogP contribution in [-0.4, -0.2) is 25.3 Å². The third kappa shape index (κ3) is 5.55. The van der Waals surface area contributed by atoms with Crippen LogP contribution in [-0.2, 0) is 9.22 Å². The molecule has 0 bridgehead atoms. The SMILES string of the molecule is C[C@@H](CC(=O)[C@H](C)[C@H](O)c1ccccc1)O[Si](C)(C)C(C)(C)C. The maximum Gasteiger partial charge on any atom is 0.192 e. The van der Waals surface area contributed by atoms with E-state index in [9.17, 15) is 9.90 Å². The predicted molar refractivity (Wildman–Crippen MR) is 97.9 cm³/mol. The molecule has 1 aromatic rings. The molecule has 0 fully saturated rings. The van der Waals surface area contributed by atoms with Crippen LogP contribution in [0, 0.1) is 5.92 Å². The van der Waals surface area contributed by atoms with E-state index in [2.05, 4.69) is 33.9 Å². The Hall–Kier alpha value is -0.973. The lowest BCUT2D eigenvalue weighted by atomic mass is 9.91. The van der Waals surface area contributed by atoms with E-state index in [4.69, 9.17) is 4.43 Å². The summed E-state index contributed by atoms with van der Waals surface area (Å²) in [5, 5.41) is 10.5. The van der Waals surface area contributed by atoms with Crippen LogP contribution in [0.4, 0.5) is 0 Å². The Morgan fingerprint density at radius 1 is 1.17 bits per heavy atom. The van der Waals surface area contributed by atoms with Gasteiger partial charge in [-0.1, -0.05) is 58.0 Å². The number of aliphatic hydroxyl groups excluding tert-OH is 1. The highest BCUT2D eigenvalue weighted by Gasteiger charge is 2.39. The second-order valence-electron chi connectivity index (χ2n) is 8.00. The minimum atomic E-state index is -1.88. The lowest BCUT2D eigenvalue weighted by Crippen LogP contribution is -2.44. The highest BCUT2D eigenvalue weighted by atomic mass is 28.4. The maximum atomic E-state index is 12.5. The topological polar surface area (TPSA) is 46.5 Å². The normalized spacial score (nSPS) is 16.7. The number of hydrogen-bond acceptors (Lipinski definition) is 3. The van der Waals surface area contributed by atoms with Crippen LogP contribution < -0.4 is 0 Å². The average molecular weight is 337 g/mol. The molecule has 1 N–H and O–H groups in total. The van der Waals surface area contributed by atoms with E-state index < -0.39 is 20.3 Å². The average Bonchev–Trinajstić information content (AvgIpc) is 2.44. The molecule has 0 saturated carbocycles. The molecule has 0 saturated heterocycles. The maximum absolute atomic E-state index is 12.5. The Balaban J connectivity index is 2.65. The van der Waals surface area contributed by atoms with E-state index in [-0.39, 0.29) is 16.9 Å². The van der Waals surface area contributed by atoms with Crippen molar-refractivity contribution in [2.24, 2.45) is 5.92 Å². The number of benzene rings is 1. The summed E-state index contributed by atoms with van der Waals surface area (Å²) in [4.78, 5) is 12.5. The van der Waals surface area contributed by atoms with Crippen molar-refractivity contribution in [3.05, 3.63) is 35.9 Å². The second-order valence-corrected chi connectivity index (χ2v) is 12.8. The summed E-state index contributed by atoms with van der Waals surface area (Å²) >= 11 is 0. The number of Topliss-reactive ketones (excluding diaryl/α,β-unsaturated/α-hetero) is 1. The van der Waals surface area contributed by atoms with Gasteiger partial charge >= 0.3 is 0 Å². The standard InChI is InChI=1S/C19H32O3Si/c1-14(22-23(6,7)19(3,4)5)13-17(20)15(2)18(21)16-11-9-8-10-12-16/h8-12,14-15,18,21H,13H2,1-7H3/t14-,15-,18-/m0/s1. The Morgan fingerprint density at radius 2 is 1.70 bits per heavy atom. The van der Waals surface area contributed by atoms with Crippen LogP contribution >= 0.6 is 0 Å². The molecule has 0 aliphatic carbocycles. The van der Waals surface area contributed by atoms with Gasteiger partial charge in [-0.25, -0.2) is 0 Å². The minimum Gasteiger partial charge on any atom is -0.414 e. The van der Waals surface area contributed by atoms with Gasteiger partial charge in [0.25, 0.3) is 0 Å². The van der Waals surface area contributed by atoms with Crippen LogP contribution in [0.25, 0.3) is 0 Å². The molecule has 1 aromatic carbocycles. The molecular formula is C19H32O3Si. The number of carbonyl (C=O) groups is 1. The van der Waals surface area contributed by atoms with E-state index in [1.165, 1.54) is 0 Å². The summed E-state index contributed by atoms with van der Waals surface area (Å²) in [7, 11) is -1.88. The first-order valence-corrected chi connectivity index (χ1v) is 11.3. The third-order valence-corrected chi connectivity index (χ3v) is 9.52. The first kappa shape index (κ1) is 20.1. The van der Waals surface area contributed by atoms with E-state index in [0.717, 1.165) is 5.56 Å². The fourth-order valence-corrected chi connectivity index (χ4v) is 3.75. The molecule has 0 radical (unpaired) electrons. The number of hydrogen-bond donors (Lipinski definition) is 1. The summed E-state index contributed by atoms with van der Waals surface area (Å²) in [6.07, 6.45) is -0.532. The molecule has 130 valence electrons. The number of aliphatic hydroxyl groups is 1. The first-order valence-electron chi connectivity index (χ1n) is 8.39. The summed E-state index contributed by atoms with van der Waals surface area (Å²) in [6.45, 7) is 14.7. The van der Waals surface area contributed by atoms with Crippen molar-refractivity contribution in [3.8, 4) is 0 Å². The van der Waals surface area contributed by atoms with Gasteiger partial charge in [0.1, 0.15) is 5.78 Å². The summed E-state index contributed by atoms with van der Waals surface area (Å²) in [5.74, 6) is -0.379. The van der Waals surface area contributed by atoms with Gasteiger partial charge in [-0.05, 0) is 30.6 Å². The third-order valence-electron chi connectivity index (χ3n) is 4.91. The fraction of sp³-hybridized carbons (Fsp3) is 0.632. The molecule has 4 heteroatoms. The summed E-state index contributed by atoms with van der Waals surface area (Å²) in [6, 6.07) is 9.35. The molecule has 0 aliphatic heterocycles. The van der Waals surface area contributed by atoms with E-state index in [1.54, 1.807) is 6.92 Å². The van der Waals surface area contributed by atoms with E-state index >= 15 is 0 Å². The Bertz CT molecular complexity index is 505. The monoisotopic (exact) mass is 336 g/mol. The van der Waals surface area contributed by atoms with Crippen LogP contribution in [0.3, 0.4) is 0 Å². The van der Waals surface area contributed by atoms with Gasteiger partial charge < -0.3 is 9.53 Å². The molecule has 0 unspecified atom stereocenters. The molecule has 0 heterocycles. The molecule has 3 atom stereocenters. The Labute approximate surface area is 142 Å². The van der Waals surface area contributed by atoms with Crippen molar-refractivity contribution in [3.63, 3.8) is 0 Å². The van der Waals surface area contributed by atoms with Gasteiger partial charge in [0.2, 0.25) is 0 Å². The summed E-state index contributed by atoms with van der Waals surface area (Å²) in [5.41, 5.74) is 0.784. The minimum absolute atomic E-state index is 0.0487. The number of rotatable bonds is 7. The molecule has 3 nitrogen and oxygen atoms in total. The largest absolute Gasteiger partial charge is 0.414 e. The molecule has 1 rings (SSSR count).